The van der Waals surface area contributed by atoms with Crippen LogP contribution in [0.15, 0.2) is 30.5 Å². The van der Waals surface area contributed by atoms with Gasteiger partial charge in [0.15, 0.2) is 0 Å². The molecule has 4 heteroatoms. The molecule has 1 N–H and O–H groups in total. The molecule has 0 spiro atoms. The molecule has 1 aliphatic rings. The quantitative estimate of drug-likeness (QED) is 0.867. The average Bonchev–Trinajstić information content (AvgIpc) is 3.20. The predicted octanol–water partition coefficient (Wildman–Crippen LogP) is 1.66. The van der Waals surface area contributed by atoms with Gasteiger partial charge in [0, 0.05) is 5.92 Å². The van der Waals surface area contributed by atoms with Crippen molar-refractivity contribution in [1.82, 2.24) is 15.3 Å². The Hall–Kier alpha value is -1.97. The molecule has 1 aromatic carbocycles. The Morgan fingerprint density at radius 3 is 2.82 bits per heavy atom. The lowest BCUT2D eigenvalue weighted by atomic mass is 10.3. The smallest absolute Gasteiger partial charge is 0.223 e. The number of hydrogen-bond acceptors (Lipinski definition) is 3. The van der Waals surface area contributed by atoms with Gasteiger partial charge >= 0.3 is 0 Å². The molecule has 1 aliphatic carbocycles. The largest absolute Gasteiger partial charge is 0.350 e. The van der Waals surface area contributed by atoms with Crippen molar-refractivity contribution in [2.75, 3.05) is 0 Å². The molecule has 0 bridgehead atoms. The summed E-state index contributed by atoms with van der Waals surface area (Å²) in [5.41, 5.74) is 2.55. The second kappa shape index (κ2) is 4.13. The molecule has 0 unspecified atom stereocenters. The van der Waals surface area contributed by atoms with Crippen molar-refractivity contribution in [3.05, 3.63) is 36.2 Å². The van der Waals surface area contributed by atoms with Crippen LogP contribution in [0.1, 0.15) is 18.5 Å². The normalized spacial score (nSPS) is 14.8. The number of carbonyl (C=O) groups excluding carboxylic acids is 1. The van der Waals surface area contributed by atoms with Crippen LogP contribution in [0.25, 0.3) is 11.0 Å². The monoisotopic (exact) mass is 227 g/mol. The van der Waals surface area contributed by atoms with Crippen LogP contribution in [0.5, 0.6) is 0 Å². The number of nitrogens with zero attached hydrogens (tertiary/aromatic N) is 2. The van der Waals surface area contributed by atoms with Crippen LogP contribution in [-0.4, -0.2) is 15.9 Å². The maximum atomic E-state index is 11.5. The number of rotatable bonds is 3. The summed E-state index contributed by atoms with van der Waals surface area (Å²) in [6, 6.07) is 7.72. The van der Waals surface area contributed by atoms with Crippen LogP contribution in [0, 0.1) is 5.92 Å². The summed E-state index contributed by atoms with van der Waals surface area (Å²) < 4.78 is 0. The summed E-state index contributed by atoms with van der Waals surface area (Å²) in [6.45, 7) is 0.465. The topological polar surface area (TPSA) is 54.9 Å². The number of fused-ring (bicyclic) bond motifs is 1. The standard InChI is InChI=1S/C13H13N3O/c17-13(9-5-6-9)15-8-10-7-14-11-3-1-2-4-12(11)16-10/h1-4,7,9H,5-6,8H2,(H,15,17). The number of aromatic nitrogens is 2. The molecule has 0 saturated heterocycles. The van der Waals surface area contributed by atoms with Gasteiger partial charge in [-0.25, -0.2) is 4.98 Å². The van der Waals surface area contributed by atoms with Gasteiger partial charge in [-0.15, -0.1) is 0 Å². The number of benzene rings is 1. The first-order valence-electron chi connectivity index (χ1n) is 5.81. The van der Waals surface area contributed by atoms with Gasteiger partial charge in [0.05, 0.1) is 29.5 Å². The van der Waals surface area contributed by atoms with Crippen molar-refractivity contribution < 1.29 is 4.79 Å². The minimum Gasteiger partial charge on any atom is -0.350 e. The fourth-order valence-electron chi connectivity index (χ4n) is 1.75. The molecule has 1 saturated carbocycles. The molecule has 1 amide bonds. The van der Waals surface area contributed by atoms with Gasteiger partial charge in [-0.3, -0.25) is 9.78 Å². The van der Waals surface area contributed by atoms with Crippen LogP contribution >= 0.6 is 0 Å². The first-order valence-corrected chi connectivity index (χ1v) is 5.81. The lowest BCUT2D eigenvalue weighted by Gasteiger charge is -2.04. The Morgan fingerprint density at radius 1 is 1.29 bits per heavy atom. The predicted molar refractivity (Wildman–Crippen MR) is 64.1 cm³/mol. The van der Waals surface area contributed by atoms with Crippen molar-refractivity contribution in [1.29, 1.82) is 0 Å². The van der Waals surface area contributed by atoms with Crippen LogP contribution in [0.4, 0.5) is 0 Å². The van der Waals surface area contributed by atoms with Crippen LogP contribution in [-0.2, 0) is 11.3 Å². The minimum atomic E-state index is 0.139. The van der Waals surface area contributed by atoms with E-state index in [0.717, 1.165) is 29.6 Å². The van der Waals surface area contributed by atoms with E-state index in [1.807, 2.05) is 24.3 Å². The van der Waals surface area contributed by atoms with Crippen LogP contribution in [0.3, 0.4) is 0 Å². The molecule has 1 heterocycles. The second-order valence-electron chi connectivity index (χ2n) is 4.34. The highest BCUT2D eigenvalue weighted by Crippen LogP contribution is 2.28. The van der Waals surface area contributed by atoms with E-state index in [2.05, 4.69) is 15.3 Å². The summed E-state index contributed by atoms with van der Waals surface area (Å²) >= 11 is 0. The zero-order valence-corrected chi connectivity index (χ0v) is 9.39. The summed E-state index contributed by atoms with van der Waals surface area (Å²) in [5, 5.41) is 2.88. The number of nitrogens with one attached hydrogen (secondary N) is 1. The fourth-order valence-corrected chi connectivity index (χ4v) is 1.75. The third kappa shape index (κ3) is 2.25. The Morgan fingerprint density at radius 2 is 2.06 bits per heavy atom. The van der Waals surface area contributed by atoms with Crippen LogP contribution in [0.2, 0.25) is 0 Å². The van der Waals surface area contributed by atoms with E-state index in [1.54, 1.807) is 6.20 Å². The Labute approximate surface area is 99.1 Å². The molecule has 2 aromatic rings. The van der Waals surface area contributed by atoms with Gasteiger partial charge in [0.25, 0.3) is 0 Å². The van der Waals surface area contributed by atoms with E-state index in [9.17, 15) is 4.79 Å². The highest BCUT2D eigenvalue weighted by atomic mass is 16.2. The third-order valence-electron chi connectivity index (χ3n) is 2.89. The molecule has 4 nitrogen and oxygen atoms in total. The van der Waals surface area contributed by atoms with Gasteiger partial charge < -0.3 is 5.32 Å². The molecule has 1 aromatic heterocycles. The number of carbonyl (C=O) groups is 1. The number of hydrogen-bond donors (Lipinski definition) is 1. The van der Waals surface area contributed by atoms with E-state index in [1.165, 1.54) is 0 Å². The summed E-state index contributed by atoms with van der Waals surface area (Å²) in [5.74, 6) is 0.378. The summed E-state index contributed by atoms with van der Waals surface area (Å²) in [4.78, 5) is 20.2. The van der Waals surface area contributed by atoms with E-state index >= 15 is 0 Å². The van der Waals surface area contributed by atoms with Crippen molar-refractivity contribution in [2.24, 2.45) is 5.92 Å². The SMILES string of the molecule is O=C(NCc1cnc2ccccc2n1)C1CC1. The third-order valence-corrected chi connectivity index (χ3v) is 2.89. The summed E-state index contributed by atoms with van der Waals surface area (Å²) in [6.07, 6.45) is 3.76. The number of amides is 1. The van der Waals surface area contributed by atoms with Crippen molar-refractivity contribution in [3.63, 3.8) is 0 Å². The van der Waals surface area contributed by atoms with Gasteiger partial charge in [0.1, 0.15) is 0 Å². The van der Waals surface area contributed by atoms with Crippen LogP contribution < -0.4 is 5.32 Å². The molecule has 17 heavy (non-hydrogen) atoms. The number of para-hydroxylation sites is 2. The Kier molecular flexibility index (Phi) is 2.48. The van der Waals surface area contributed by atoms with E-state index in [-0.39, 0.29) is 11.8 Å². The average molecular weight is 227 g/mol. The molecule has 0 radical (unpaired) electrons. The second-order valence-corrected chi connectivity index (χ2v) is 4.34. The zero-order valence-electron chi connectivity index (χ0n) is 9.39. The van der Waals surface area contributed by atoms with Crippen molar-refractivity contribution in [2.45, 2.75) is 19.4 Å². The molecular weight excluding hydrogens is 214 g/mol. The van der Waals surface area contributed by atoms with Gasteiger partial charge in [-0.05, 0) is 25.0 Å². The van der Waals surface area contributed by atoms with E-state index < -0.39 is 0 Å². The molecule has 3 rings (SSSR count). The molecule has 86 valence electrons. The van der Waals surface area contributed by atoms with Gasteiger partial charge in [0.2, 0.25) is 5.91 Å². The van der Waals surface area contributed by atoms with Gasteiger partial charge in [-0.1, -0.05) is 12.1 Å². The highest BCUT2D eigenvalue weighted by Gasteiger charge is 2.29. The Balaban J connectivity index is 1.74. The van der Waals surface area contributed by atoms with Gasteiger partial charge in [-0.2, -0.15) is 0 Å². The maximum absolute atomic E-state index is 11.5. The minimum absolute atomic E-state index is 0.139. The molecule has 1 fully saturated rings. The molecular formula is C13H13N3O. The maximum Gasteiger partial charge on any atom is 0.223 e. The molecule has 0 atom stereocenters. The molecule has 0 aliphatic heterocycles. The first kappa shape index (κ1) is 10.2. The van der Waals surface area contributed by atoms with E-state index in [4.69, 9.17) is 0 Å². The lowest BCUT2D eigenvalue weighted by molar-refractivity contribution is -0.122. The zero-order chi connectivity index (χ0) is 11.7. The van der Waals surface area contributed by atoms with E-state index in [0.29, 0.717) is 6.54 Å². The lowest BCUT2D eigenvalue weighted by Crippen LogP contribution is -2.24. The van der Waals surface area contributed by atoms with Crippen molar-refractivity contribution >= 4 is 16.9 Å². The first-order chi connectivity index (χ1) is 8.33. The van der Waals surface area contributed by atoms with Crippen molar-refractivity contribution in [3.8, 4) is 0 Å². The Bertz CT molecular complexity index is 563. The summed E-state index contributed by atoms with van der Waals surface area (Å²) in [7, 11) is 0. The highest BCUT2D eigenvalue weighted by molar-refractivity contribution is 5.80. The fraction of sp³-hybridized carbons (Fsp3) is 0.308.